The number of carbonyl (C=O) groups is 1. The summed E-state index contributed by atoms with van der Waals surface area (Å²) in [5, 5.41) is 6.37. The number of rotatable bonds is 5. The van der Waals surface area contributed by atoms with Gasteiger partial charge in [0.2, 0.25) is 11.9 Å². The maximum Gasteiger partial charge on any atom is 0.229 e. The Labute approximate surface area is 157 Å². The Morgan fingerprint density at radius 2 is 1.96 bits per heavy atom. The number of hydrogen-bond acceptors (Lipinski definition) is 6. The average molecular weight is 370 g/mol. The lowest BCUT2D eigenvalue weighted by atomic mass is 10.2. The van der Waals surface area contributed by atoms with Crippen molar-refractivity contribution in [2.45, 2.75) is 25.8 Å². The van der Waals surface area contributed by atoms with E-state index in [-0.39, 0.29) is 11.7 Å². The molecule has 1 aliphatic carbocycles. The van der Waals surface area contributed by atoms with Crippen LogP contribution >= 0.6 is 0 Å². The molecule has 8 heteroatoms. The molecule has 2 fully saturated rings. The highest BCUT2D eigenvalue weighted by molar-refractivity contribution is 5.73. The summed E-state index contributed by atoms with van der Waals surface area (Å²) in [7, 11) is 0. The third kappa shape index (κ3) is 4.27. The van der Waals surface area contributed by atoms with Crippen LogP contribution in [0.2, 0.25) is 0 Å². The van der Waals surface area contributed by atoms with E-state index >= 15 is 0 Å². The van der Waals surface area contributed by atoms with Gasteiger partial charge < -0.3 is 20.4 Å². The number of hydrogen-bond donors (Lipinski definition) is 2. The smallest absolute Gasteiger partial charge is 0.229 e. The van der Waals surface area contributed by atoms with Crippen molar-refractivity contribution in [1.82, 2.24) is 14.9 Å². The van der Waals surface area contributed by atoms with E-state index in [1.807, 2.05) is 17.0 Å². The molecule has 0 radical (unpaired) electrons. The van der Waals surface area contributed by atoms with Crippen LogP contribution in [0.4, 0.5) is 27.5 Å². The maximum atomic E-state index is 14.6. The van der Waals surface area contributed by atoms with Gasteiger partial charge in [-0.3, -0.25) is 4.79 Å². The molecule has 142 valence electrons. The van der Waals surface area contributed by atoms with Gasteiger partial charge in [-0.2, -0.15) is 4.98 Å². The minimum Gasteiger partial charge on any atom is -0.367 e. The molecule has 27 heavy (non-hydrogen) atoms. The molecule has 0 unspecified atom stereocenters. The van der Waals surface area contributed by atoms with Crippen LogP contribution in [0, 0.1) is 5.82 Å². The fraction of sp³-hybridized carbons (Fsp3) is 0.421. The molecule has 2 heterocycles. The third-order valence-electron chi connectivity index (χ3n) is 4.85. The molecule has 2 N–H and O–H groups in total. The van der Waals surface area contributed by atoms with Crippen molar-refractivity contribution in [3.05, 3.63) is 36.3 Å². The Hall–Kier alpha value is -2.90. The van der Waals surface area contributed by atoms with Gasteiger partial charge in [-0.25, -0.2) is 9.37 Å². The van der Waals surface area contributed by atoms with Crippen LogP contribution in [0.25, 0.3) is 0 Å². The predicted molar refractivity (Wildman–Crippen MR) is 103 cm³/mol. The van der Waals surface area contributed by atoms with Gasteiger partial charge in [0.15, 0.2) is 0 Å². The van der Waals surface area contributed by atoms with Gasteiger partial charge in [-0.05, 0) is 37.1 Å². The van der Waals surface area contributed by atoms with Crippen molar-refractivity contribution < 1.29 is 9.18 Å². The fourth-order valence-electron chi connectivity index (χ4n) is 3.17. The summed E-state index contributed by atoms with van der Waals surface area (Å²) in [6, 6.07) is 7.37. The lowest BCUT2D eigenvalue weighted by Crippen LogP contribution is -2.48. The molecular formula is C19H23FN6O. The molecular weight excluding hydrogens is 347 g/mol. The Bertz CT molecular complexity index is 833. The molecule has 1 aromatic carbocycles. The molecule has 1 saturated heterocycles. The van der Waals surface area contributed by atoms with Crippen molar-refractivity contribution >= 4 is 29.0 Å². The van der Waals surface area contributed by atoms with Gasteiger partial charge in [0.1, 0.15) is 11.6 Å². The zero-order valence-electron chi connectivity index (χ0n) is 15.3. The first kappa shape index (κ1) is 17.5. The zero-order chi connectivity index (χ0) is 18.8. The van der Waals surface area contributed by atoms with Crippen molar-refractivity contribution in [2.75, 3.05) is 41.7 Å². The highest BCUT2D eigenvalue weighted by Gasteiger charge is 2.22. The number of nitrogens with zero attached hydrogens (tertiary/aromatic N) is 4. The summed E-state index contributed by atoms with van der Waals surface area (Å²) in [5.74, 6) is 0.968. The Morgan fingerprint density at radius 3 is 2.63 bits per heavy atom. The average Bonchev–Trinajstić information content (AvgIpc) is 3.46. The predicted octanol–water partition coefficient (Wildman–Crippen LogP) is 2.60. The first-order valence-corrected chi connectivity index (χ1v) is 9.25. The van der Waals surface area contributed by atoms with Gasteiger partial charge in [0.25, 0.3) is 0 Å². The summed E-state index contributed by atoms with van der Waals surface area (Å²) < 4.78 is 14.6. The van der Waals surface area contributed by atoms with Crippen LogP contribution in [0.5, 0.6) is 0 Å². The van der Waals surface area contributed by atoms with Crippen molar-refractivity contribution in [2.24, 2.45) is 0 Å². The highest BCUT2D eigenvalue weighted by Crippen LogP contribution is 2.26. The topological polar surface area (TPSA) is 73.4 Å². The summed E-state index contributed by atoms with van der Waals surface area (Å²) in [5.41, 5.74) is 1.15. The summed E-state index contributed by atoms with van der Waals surface area (Å²) in [6.45, 7) is 4.04. The Kier molecular flexibility index (Phi) is 4.79. The fourth-order valence-corrected chi connectivity index (χ4v) is 3.17. The SMILES string of the molecule is CC(=O)N1CCN(c2ccc(Nc3nccc(NC4CC4)n3)cc2F)CC1. The van der Waals surface area contributed by atoms with Crippen molar-refractivity contribution in [3.8, 4) is 0 Å². The van der Waals surface area contributed by atoms with Crippen LogP contribution in [0.3, 0.4) is 0 Å². The number of anilines is 4. The Morgan fingerprint density at radius 1 is 1.19 bits per heavy atom. The van der Waals surface area contributed by atoms with Gasteiger partial charge >= 0.3 is 0 Å². The molecule has 2 aromatic rings. The second-order valence-corrected chi connectivity index (χ2v) is 6.97. The number of carbonyl (C=O) groups excluding carboxylic acids is 1. The second kappa shape index (κ2) is 7.38. The number of benzene rings is 1. The van der Waals surface area contributed by atoms with E-state index in [2.05, 4.69) is 20.6 Å². The zero-order valence-corrected chi connectivity index (χ0v) is 15.3. The normalized spacial score (nSPS) is 17.0. The summed E-state index contributed by atoms with van der Waals surface area (Å²) in [4.78, 5) is 23.8. The first-order chi connectivity index (χ1) is 13.1. The van der Waals surface area contributed by atoms with Gasteiger partial charge in [-0.1, -0.05) is 0 Å². The van der Waals surface area contributed by atoms with Crippen molar-refractivity contribution in [3.63, 3.8) is 0 Å². The number of nitrogens with one attached hydrogen (secondary N) is 2. The molecule has 7 nitrogen and oxygen atoms in total. The Balaban J connectivity index is 1.42. The lowest BCUT2D eigenvalue weighted by molar-refractivity contribution is -0.129. The van der Waals surface area contributed by atoms with Crippen LogP contribution < -0.4 is 15.5 Å². The number of piperazine rings is 1. The summed E-state index contributed by atoms with van der Waals surface area (Å²) >= 11 is 0. The molecule has 1 saturated carbocycles. The van der Waals surface area contributed by atoms with Crippen LogP contribution in [-0.2, 0) is 4.79 Å². The van der Waals surface area contributed by atoms with E-state index < -0.39 is 0 Å². The molecule has 2 aliphatic rings. The number of halogens is 1. The quantitative estimate of drug-likeness (QED) is 0.843. The molecule has 1 amide bonds. The monoisotopic (exact) mass is 370 g/mol. The molecule has 0 spiro atoms. The van der Waals surface area contributed by atoms with Gasteiger partial charge in [0, 0.05) is 51.0 Å². The largest absolute Gasteiger partial charge is 0.367 e. The molecule has 1 aliphatic heterocycles. The maximum absolute atomic E-state index is 14.6. The first-order valence-electron chi connectivity index (χ1n) is 9.25. The molecule has 0 atom stereocenters. The van der Waals surface area contributed by atoms with Crippen molar-refractivity contribution in [1.29, 1.82) is 0 Å². The van der Waals surface area contributed by atoms with Gasteiger partial charge in [-0.15, -0.1) is 0 Å². The number of aromatic nitrogens is 2. The lowest BCUT2D eigenvalue weighted by Gasteiger charge is -2.35. The summed E-state index contributed by atoms with van der Waals surface area (Å²) in [6.07, 6.45) is 4.01. The van der Waals surface area contributed by atoms with Crippen LogP contribution in [-0.4, -0.2) is 53.0 Å². The minimum absolute atomic E-state index is 0.0630. The molecule has 4 rings (SSSR count). The number of amides is 1. The molecule has 0 bridgehead atoms. The van der Waals surface area contributed by atoms with Crippen LogP contribution in [0.1, 0.15) is 19.8 Å². The second-order valence-electron chi connectivity index (χ2n) is 6.97. The van der Waals surface area contributed by atoms with E-state index in [1.165, 1.54) is 18.9 Å². The van der Waals surface area contributed by atoms with E-state index in [0.717, 1.165) is 5.82 Å². The standard InChI is InChI=1S/C19H23FN6O/c1-13(27)25-8-10-26(11-9-25)17-5-4-15(12-16(17)20)23-19-21-7-6-18(24-19)22-14-2-3-14/h4-7,12,14H,2-3,8-11H2,1H3,(H2,21,22,23,24). The highest BCUT2D eigenvalue weighted by atomic mass is 19.1. The van der Waals surface area contributed by atoms with Gasteiger partial charge in [0.05, 0.1) is 5.69 Å². The minimum atomic E-state index is -0.302. The van der Waals surface area contributed by atoms with Crippen LogP contribution in [0.15, 0.2) is 30.5 Å². The molecule has 1 aromatic heterocycles. The van der Waals surface area contributed by atoms with E-state index in [4.69, 9.17) is 0 Å². The van der Waals surface area contributed by atoms with E-state index in [0.29, 0.717) is 49.5 Å². The third-order valence-corrected chi connectivity index (χ3v) is 4.85. The van der Waals surface area contributed by atoms with E-state index in [9.17, 15) is 9.18 Å². The van der Waals surface area contributed by atoms with E-state index in [1.54, 1.807) is 24.1 Å².